The van der Waals surface area contributed by atoms with Crippen LogP contribution in [0.25, 0.3) is 10.9 Å². The number of carbonyl (C=O) groups is 1. The Kier molecular flexibility index (Phi) is 3.18. The highest BCUT2D eigenvalue weighted by Crippen LogP contribution is 2.14. The van der Waals surface area contributed by atoms with E-state index in [2.05, 4.69) is 9.97 Å². The summed E-state index contributed by atoms with van der Waals surface area (Å²) < 4.78 is 0. The minimum absolute atomic E-state index is 0.0885. The molecule has 0 spiro atoms. The van der Waals surface area contributed by atoms with E-state index < -0.39 is 5.97 Å². The summed E-state index contributed by atoms with van der Waals surface area (Å²) in [5.74, 6) is -0.433. The number of hydrogen-bond acceptors (Lipinski definition) is 4. The van der Waals surface area contributed by atoms with E-state index in [0.717, 1.165) is 10.9 Å². The lowest BCUT2D eigenvalue weighted by Gasteiger charge is -2.18. The number of nitrogens with zero attached hydrogens (tertiary/aromatic N) is 3. The Morgan fingerprint density at radius 3 is 2.88 bits per heavy atom. The number of likely N-dealkylation sites (N-methyl/N-ethyl adjacent to an activating group) is 1. The van der Waals surface area contributed by atoms with E-state index in [0.29, 0.717) is 12.5 Å². The molecule has 0 aliphatic heterocycles. The zero-order chi connectivity index (χ0) is 12.3. The minimum atomic E-state index is -0.886. The Bertz CT molecular complexity index is 542. The normalized spacial score (nSPS) is 10.4. The van der Waals surface area contributed by atoms with Gasteiger partial charge in [0.25, 0.3) is 0 Å². The maximum absolute atomic E-state index is 10.7. The number of anilines is 1. The molecular formula is C12H13N3O2. The van der Waals surface area contributed by atoms with Gasteiger partial charge in [0.1, 0.15) is 6.54 Å². The van der Waals surface area contributed by atoms with E-state index in [1.807, 2.05) is 31.2 Å². The average Bonchev–Trinajstić information content (AvgIpc) is 2.35. The molecule has 0 unspecified atom stereocenters. The first-order valence-corrected chi connectivity index (χ1v) is 5.39. The van der Waals surface area contributed by atoms with Gasteiger partial charge in [-0.3, -0.25) is 4.79 Å². The maximum Gasteiger partial charge on any atom is 0.323 e. The summed E-state index contributed by atoms with van der Waals surface area (Å²) in [6.45, 7) is 2.35. The lowest BCUT2D eigenvalue weighted by atomic mass is 10.2. The first-order chi connectivity index (χ1) is 8.20. The molecule has 1 N–H and O–H groups in total. The van der Waals surface area contributed by atoms with Crippen LogP contribution in [0.15, 0.2) is 30.5 Å². The van der Waals surface area contributed by atoms with Gasteiger partial charge in [-0.2, -0.15) is 0 Å². The van der Waals surface area contributed by atoms with Crippen molar-refractivity contribution >= 4 is 22.8 Å². The van der Waals surface area contributed by atoms with Gasteiger partial charge in [0.2, 0.25) is 5.95 Å². The molecule has 1 aromatic carbocycles. The molecule has 0 bridgehead atoms. The van der Waals surface area contributed by atoms with Crippen molar-refractivity contribution in [1.82, 2.24) is 9.97 Å². The molecule has 0 amide bonds. The topological polar surface area (TPSA) is 66.3 Å². The van der Waals surface area contributed by atoms with Crippen molar-refractivity contribution < 1.29 is 9.90 Å². The lowest BCUT2D eigenvalue weighted by molar-refractivity contribution is -0.135. The van der Waals surface area contributed by atoms with Crippen molar-refractivity contribution in [3.8, 4) is 0 Å². The SMILES string of the molecule is CCN(CC(=O)O)c1ncc2ccccc2n1. The van der Waals surface area contributed by atoms with Crippen LogP contribution in [0.1, 0.15) is 6.92 Å². The zero-order valence-corrected chi connectivity index (χ0v) is 9.50. The third kappa shape index (κ3) is 2.50. The van der Waals surface area contributed by atoms with Gasteiger partial charge in [-0.15, -0.1) is 0 Å². The van der Waals surface area contributed by atoms with E-state index >= 15 is 0 Å². The molecule has 0 radical (unpaired) electrons. The Morgan fingerprint density at radius 2 is 2.18 bits per heavy atom. The summed E-state index contributed by atoms with van der Waals surface area (Å²) in [5, 5.41) is 9.74. The lowest BCUT2D eigenvalue weighted by Crippen LogP contribution is -2.30. The standard InChI is InChI=1S/C12H13N3O2/c1-2-15(8-11(16)17)12-13-7-9-5-3-4-6-10(9)14-12/h3-7H,2,8H2,1H3,(H,16,17). The van der Waals surface area contributed by atoms with Crippen LogP contribution in [0, 0.1) is 0 Å². The summed E-state index contributed by atoms with van der Waals surface area (Å²) in [7, 11) is 0. The summed E-state index contributed by atoms with van der Waals surface area (Å²) in [6, 6.07) is 7.62. The van der Waals surface area contributed by atoms with Crippen LogP contribution in [0.3, 0.4) is 0 Å². The fraction of sp³-hybridized carbons (Fsp3) is 0.250. The van der Waals surface area contributed by atoms with Crippen LogP contribution in [-0.4, -0.2) is 34.1 Å². The van der Waals surface area contributed by atoms with E-state index in [1.54, 1.807) is 11.1 Å². The van der Waals surface area contributed by atoms with E-state index in [1.165, 1.54) is 0 Å². The van der Waals surface area contributed by atoms with Crippen molar-refractivity contribution in [2.24, 2.45) is 0 Å². The molecule has 5 nitrogen and oxygen atoms in total. The molecule has 5 heteroatoms. The predicted molar refractivity (Wildman–Crippen MR) is 65.1 cm³/mol. The Morgan fingerprint density at radius 1 is 1.41 bits per heavy atom. The van der Waals surface area contributed by atoms with Crippen molar-refractivity contribution in [3.05, 3.63) is 30.5 Å². The molecule has 0 saturated carbocycles. The maximum atomic E-state index is 10.7. The van der Waals surface area contributed by atoms with Crippen LogP contribution >= 0.6 is 0 Å². The highest BCUT2D eigenvalue weighted by atomic mass is 16.4. The number of hydrogen-bond donors (Lipinski definition) is 1. The number of aromatic nitrogens is 2. The fourth-order valence-corrected chi connectivity index (χ4v) is 1.60. The Hall–Kier alpha value is -2.17. The van der Waals surface area contributed by atoms with Crippen molar-refractivity contribution in [3.63, 3.8) is 0 Å². The number of para-hydroxylation sites is 1. The molecule has 17 heavy (non-hydrogen) atoms. The molecular weight excluding hydrogens is 218 g/mol. The number of fused-ring (bicyclic) bond motifs is 1. The molecule has 0 aliphatic rings. The molecule has 0 fully saturated rings. The minimum Gasteiger partial charge on any atom is -0.480 e. The summed E-state index contributed by atoms with van der Waals surface area (Å²) in [5.41, 5.74) is 0.821. The third-order valence-corrected chi connectivity index (χ3v) is 2.47. The molecule has 0 atom stereocenters. The largest absolute Gasteiger partial charge is 0.480 e. The van der Waals surface area contributed by atoms with Gasteiger partial charge < -0.3 is 10.0 Å². The van der Waals surface area contributed by atoms with Gasteiger partial charge >= 0.3 is 5.97 Å². The highest BCUT2D eigenvalue weighted by Gasteiger charge is 2.11. The fourth-order valence-electron chi connectivity index (χ4n) is 1.60. The molecule has 1 heterocycles. The monoisotopic (exact) mass is 231 g/mol. The van der Waals surface area contributed by atoms with Gasteiger partial charge in [-0.05, 0) is 13.0 Å². The number of aliphatic carboxylic acids is 1. The van der Waals surface area contributed by atoms with E-state index in [9.17, 15) is 4.79 Å². The number of rotatable bonds is 4. The van der Waals surface area contributed by atoms with Crippen LogP contribution in [0.2, 0.25) is 0 Å². The second-order valence-corrected chi connectivity index (χ2v) is 3.64. The van der Waals surface area contributed by atoms with E-state index in [-0.39, 0.29) is 6.54 Å². The molecule has 88 valence electrons. The molecule has 2 aromatic rings. The van der Waals surface area contributed by atoms with Crippen LogP contribution in [0.4, 0.5) is 5.95 Å². The van der Waals surface area contributed by atoms with Gasteiger partial charge in [0.05, 0.1) is 5.52 Å². The van der Waals surface area contributed by atoms with Crippen molar-refractivity contribution in [2.45, 2.75) is 6.92 Å². The van der Waals surface area contributed by atoms with E-state index in [4.69, 9.17) is 5.11 Å². The van der Waals surface area contributed by atoms with Crippen LogP contribution in [0.5, 0.6) is 0 Å². The predicted octanol–water partition coefficient (Wildman–Crippen LogP) is 1.54. The second-order valence-electron chi connectivity index (χ2n) is 3.64. The number of carboxylic acids is 1. The van der Waals surface area contributed by atoms with Gasteiger partial charge in [-0.25, -0.2) is 9.97 Å². The molecule has 0 saturated heterocycles. The van der Waals surface area contributed by atoms with Crippen LogP contribution in [-0.2, 0) is 4.79 Å². The van der Waals surface area contributed by atoms with Gasteiger partial charge in [0.15, 0.2) is 0 Å². The highest BCUT2D eigenvalue weighted by molar-refractivity contribution is 5.79. The summed E-state index contributed by atoms with van der Waals surface area (Å²) >= 11 is 0. The number of carboxylic acid groups (broad SMARTS) is 1. The second kappa shape index (κ2) is 4.78. The van der Waals surface area contributed by atoms with Crippen LogP contribution < -0.4 is 4.90 Å². The average molecular weight is 231 g/mol. The smallest absolute Gasteiger partial charge is 0.323 e. The Balaban J connectivity index is 2.37. The number of benzene rings is 1. The van der Waals surface area contributed by atoms with Gasteiger partial charge in [0, 0.05) is 18.1 Å². The third-order valence-electron chi connectivity index (χ3n) is 2.47. The summed E-state index contributed by atoms with van der Waals surface area (Å²) in [4.78, 5) is 20.9. The van der Waals surface area contributed by atoms with Crippen molar-refractivity contribution in [2.75, 3.05) is 18.0 Å². The van der Waals surface area contributed by atoms with Gasteiger partial charge in [-0.1, -0.05) is 18.2 Å². The summed E-state index contributed by atoms with van der Waals surface area (Å²) in [6.07, 6.45) is 1.71. The Labute approximate surface area is 98.7 Å². The first-order valence-electron chi connectivity index (χ1n) is 5.39. The molecule has 1 aromatic heterocycles. The quantitative estimate of drug-likeness (QED) is 0.864. The zero-order valence-electron chi connectivity index (χ0n) is 9.50. The molecule has 0 aliphatic carbocycles. The van der Waals surface area contributed by atoms with Crippen molar-refractivity contribution in [1.29, 1.82) is 0 Å². The first kappa shape index (κ1) is 11.3. The molecule has 2 rings (SSSR count).